The number of nitrogen functional groups attached to an aromatic ring is 1. The van der Waals surface area contributed by atoms with Gasteiger partial charge in [0.25, 0.3) is 0 Å². The first-order valence-corrected chi connectivity index (χ1v) is 7.53. The molecule has 0 radical (unpaired) electrons. The number of nitrogens with zero attached hydrogens (tertiary/aromatic N) is 3. The van der Waals surface area contributed by atoms with Gasteiger partial charge in [0, 0.05) is 22.8 Å². The lowest BCUT2D eigenvalue weighted by atomic mass is 9.97. The fourth-order valence-electron chi connectivity index (χ4n) is 3.12. The minimum atomic E-state index is 0.642. The van der Waals surface area contributed by atoms with Gasteiger partial charge in [0.1, 0.15) is 5.82 Å². The Labute approximate surface area is 127 Å². The molecule has 2 N–H and O–H groups in total. The molecule has 1 aliphatic rings. The van der Waals surface area contributed by atoms with Crippen LogP contribution in [0.3, 0.4) is 0 Å². The molecular formula is C16H15ClN4. The van der Waals surface area contributed by atoms with Gasteiger partial charge in [-0.1, -0.05) is 11.6 Å². The summed E-state index contributed by atoms with van der Waals surface area (Å²) in [7, 11) is 0. The van der Waals surface area contributed by atoms with E-state index in [0.717, 1.165) is 29.4 Å². The molecule has 0 saturated heterocycles. The molecule has 3 aromatic rings. The number of anilines is 1. The molecule has 5 heteroatoms. The third-order valence-corrected chi connectivity index (χ3v) is 4.46. The topological polar surface area (TPSA) is 56.7 Å². The average molecular weight is 299 g/mol. The van der Waals surface area contributed by atoms with Crippen LogP contribution in [0.4, 0.5) is 5.82 Å². The first-order chi connectivity index (χ1) is 10.3. The van der Waals surface area contributed by atoms with E-state index >= 15 is 0 Å². The largest absolute Gasteiger partial charge is 0.382 e. The van der Waals surface area contributed by atoms with Crippen LogP contribution >= 0.6 is 11.6 Å². The summed E-state index contributed by atoms with van der Waals surface area (Å²) in [6, 6.07) is 7.74. The lowest BCUT2D eigenvalue weighted by molar-refractivity contribution is 0.654. The van der Waals surface area contributed by atoms with Gasteiger partial charge in [-0.15, -0.1) is 0 Å². The Bertz CT molecular complexity index is 838. The SMILES string of the molecule is Nc1nn(-c2ccc(Cl)c3cccnc23)c2c1CCCC2. The zero-order valence-electron chi connectivity index (χ0n) is 11.5. The maximum Gasteiger partial charge on any atom is 0.149 e. The Kier molecular flexibility index (Phi) is 2.86. The number of rotatable bonds is 1. The van der Waals surface area contributed by atoms with Gasteiger partial charge in [0.05, 0.1) is 16.2 Å². The van der Waals surface area contributed by atoms with Gasteiger partial charge in [-0.25, -0.2) is 4.68 Å². The summed E-state index contributed by atoms with van der Waals surface area (Å²) in [5, 5.41) is 6.20. The fraction of sp³-hybridized carbons (Fsp3) is 0.250. The van der Waals surface area contributed by atoms with Crippen molar-refractivity contribution in [2.75, 3.05) is 5.73 Å². The van der Waals surface area contributed by atoms with Gasteiger partial charge in [-0.2, -0.15) is 5.10 Å². The predicted molar refractivity (Wildman–Crippen MR) is 84.9 cm³/mol. The second-order valence-corrected chi connectivity index (χ2v) is 5.80. The van der Waals surface area contributed by atoms with Crippen molar-refractivity contribution in [1.82, 2.24) is 14.8 Å². The highest BCUT2D eigenvalue weighted by Crippen LogP contribution is 2.32. The van der Waals surface area contributed by atoms with E-state index in [4.69, 9.17) is 17.3 Å². The van der Waals surface area contributed by atoms with E-state index in [2.05, 4.69) is 10.1 Å². The van der Waals surface area contributed by atoms with Crippen molar-refractivity contribution in [3.05, 3.63) is 46.7 Å². The zero-order chi connectivity index (χ0) is 14.4. The van der Waals surface area contributed by atoms with Crippen molar-refractivity contribution in [1.29, 1.82) is 0 Å². The number of benzene rings is 1. The van der Waals surface area contributed by atoms with Crippen LogP contribution in [-0.4, -0.2) is 14.8 Å². The summed E-state index contributed by atoms with van der Waals surface area (Å²) < 4.78 is 1.95. The Hall–Kier alpha value is -2.07. The molecule has 4 nitrogen and oxygen atoms in total. The van der Waals surface area contributed by atoms with Crippen LogP contribution in [0, 0.1) is 0 Å². The Balaban J connectivity index is 2.02. The van der Waals surface area contributed by atoms with Crippen LogP contribution in [-0.2, 0) is 12.8 Å². The summed E-state index contributed by atoms with van der Waals surface area (Å²) in [5.41, 5.74) is 10.3. The van der Waals surface area contributed by atoms with Gasteiger partial charge in [0.15, 0.2) is 0 Å². The zero-order valence-corrected chi connectivity index (χ0v) is 12.3. The summed E-state index contributed by atoms with van der Waals surface area (Å²) in [4.78, 5) is 4.49. The number of hydrogen-bond donors (Lipinski definition) is 1. The number of pyridine rings is 1. The molecule has 0 saturated carbocycles. The standard InChI is InChI=1S/C16H15ClN4/c17-12-7-8-14(15-10(12)5-3-9-19-15)21-13-6-2-1-4-11(13)16(18)20-21/h3,5,7-9H,1-2,4,6H2,(H2,18,20). The first-order valence-electron chi connectivity index (χ1n) is 7.15. The van der Waals surface area contributed by atoms with Crippen LogP contribution in [0.2, 0.25) is 5.02 Å². The van der Waals surface area contributed by atoms with Crippen LogP contribution in [0.15, 0.2) is 30.5 Å². The normalized spacial score (nSPS) is 14.3. The van der Waals surface area contributed by atoms with E-state index in [1.807, 2.05) is 28.9 Å². The van der Waals surface area contributed by atoms with Crippen molar-refractivity contribution in [2.45, 2.75) is 25.7 Å². The second kappa shape index (κ2) is 4.74. The highest BCUT2D eigenvalue weighted by Gasteiger charge is 2.21. The van der Waals surface area contributed by atoms with Crippen molar-refractivity contribution >= 4 is 28.3 Å². The molecule has 0 aliphatic heterocycles. The van der Waals surface area contributed by atoms with Gasteiger partial charge in [0.2, 0.25) is 0 Å². The van der Waals surface area contributed by atoms with Crippen molar-refractivity contribution < 1.29 is 0 Å². The molecule has 4 rings (SSSR count). The van der Waals surface area contributed by atoms with Crippen molar-refractivity contribution in [3.8, 4) is 5.69 Å². The molecule has 0 fully saturated rings. The van der Waals surface area contributed by atoms with E-state index < -0.39 is 0 Å². The summed E-state index contributed by atoms with van der Waals surface area (Å²) in [6.45, 7) is 0. The predicted octanol–water partition coefficient (Wildman–Crippen LogP) is 3.53. The van der Waals surface area contributed by atoms with Crippen molar-refractivity contribution in [3.63, 3.8) is 0 Å². The van der Waals surface area contributed by atoms with E-state index in [0.29, 0.717) is 10.8 Å². The summed E-state index contributed by atoms with van der Waals surface area (Å²) in [5.74, 6) is 0.642. The molecule has 21 heavy (non-hydrogen) atoms. The minimum Gasteiger partial charge on any atom is -0.382 e. The lowest BCUT2D eigenvalue weighted by Crippen LogP contribution is -2.08. The highest BCUT2D eigenvalue weighted by atomic mass is 35.5. The van der Waals surface area contributed by atoms with Gasteiger partial charge in [-0.3, -0.25) is 4.98 Å². The maximum atomic E-state index is 6.27. The molecule has 1 aromatic carbocycles. The lowest BCUT2D eigenvalue weighted by Gasteiger charge is -2.15. The summed E-state index contributed by atoms with van der Waals surface area (Å²) >= 11 is 6.27. The van der Waals surface area contributed by atoms with Crippen LogP contribution in [0.5, 0.6) is 0 Å². The van der Waals surface area contributed by atoms with E-state index in [1.54, 1.807) is 6.20 Å². The van der Waals surface area contributed by atoms with E-state index in [9.17, 15) is 0 Å². The molecule has 2 heterocycles. The molecule has 0 bridgehead atoms. The van der Waals surface area contributed by atoms with E-state index in [1.165, 1.54) is 24.1 Å². The number of fused-ring (bicyclic) bond motifs is 2. The van der Waals surface area contributed by atoms with Gasteiger partial charge < -0.3 is 5.73 Å². The van der Waals surface area contributed by atoms with Gasteiger partial charge in [-0.05, 0) is 49.9 Å². The fourth-order valence-corrected chi connectivity index (χ4v) is 3.34. The minimum absolute atomic E-state index is 0.642. The molecule has 0 atom stereocenters. The number of halogens is 1. The smallest absolute Gasteiger partial charge is 0.149 e. The molecule has 0 amide bonds. The third-order valence-electron chi connectivity index (χ3n) is 4.13. The number of hydrogen-bond acceptors (Lipinski definition) is 3. The highest BCUT2D eigenvalue weighted by molar-refractivity contribution is 6.35. The van der Waals surface area contributed by atoms with Crippen LogP contribution in [0.1, 0.15) is 24.1 Å². The molecule has 0 spiro atoms. The third kappa shape index (κ3) is 1.90. The second-order valence-electron chi connectivity index (χ2n) is 5.40. The molecule has 1 aliphatic carbocycles. The Morgan fingerprint density at radius 3 is 2.90 bits per heavy atom. The van der Waals surface area contributed by atoms with Crippen LogP contribution in [0.25, 0.3) is 16.6 Å². The number of nitrogens with two attached hydrogens (primary N) is 1. The first kappa shape index (κ1) is 12.7. The van der Waals surface area contributed by atoms with Crippen molar-refractivity contribution in [2.24, 2.45) is 0 Å². The maximum absolute atomic E-state index is 6.27. The molecule has 106 valence electrons. The van der Waals surface area contributed by atoms with Crippen LogP contribution < -0.4 is 5.73 Å². The molecule has 2 aromatic heterocycles. The summed E-state index contributed by atoms with van der Waals surface area (Å²) in [6.07, 6.45) is 6.16. The van der Waals surface area contributed by atoms with Gasteiger partial charge >= 0.3 is 0 Å². The molecular weight excluding hydrogens is 284 g/mol. The molecule has 0 unspecified atom stereocenters. The quantitative estimate of drug-likeness (QED) is 0.747. The van der Waals surface area contributed by atoms with E-state index in [-0.39, 0.29) is 0 Å². The Morgan fingerprint density at radius 1 is 1.14 bits per heavy atom. The monoisotopic (exact) mass is 298 g/mol. The average Bonchev–Trinajstić information content (AvgIpc) is 2.86. The Morgan fingerprint density at radius 2 is 2.00 bits per heavy atom. The number of aromatic nitrogens is 3.